The van der Waals surface area contributed by atoms with Crippen LogP contribution >= 0.6 is 12.2 Å². The number of nitrogens with zero attached hydrogens (tertiary/aromatic N) is 3. The molecular formula is C16H16N4OS. The molecule has 0 atom stereocenters. The van der Waals surface area contributed by atoms with Gasteiger partial charge in [0, 0.05) is 18.3 Å². The molecule has 0 unspecified atom stereocenters. The van der Waals surface area contributed by atoms with Gasteiger partial charge in [0.2, 0.25) is 0 Å². The van der Waals surface area contributed by atoms with Crippen LogP contribution in [0.5, 0.6) is 0 Å². The number of anilines is 1. The number of carbonyl (C=O) groups is 1. The number of hydrogen-bond donors (Lipinski definition) is 1. The highest BCUT2D eigenvalue weighted by atomic mass is 32.1. The van der Waals surface area contributed by atoms with Crippen LogP contribution in [0.25, 0.3) is 6.08 Å². The van der Waals surface area contributed by atoms with E-state index in [1.165, 1.54) is 4.90 Å². The van der Waals surface area contributed by atoms with Gasteiger partial charge in [-0.2, -0.15) is 5.10 Å². The minimum absolute atomic E-state index is 0.155. The Balaban J connectivity index is 1.94. The molecule has 1 saturated heterocycles. The van der Waals surface area contributed by atoms with E-state index in [0.717, 1.165) is 22.5 Å². The number of aryl methyl sites for hydroxylation is 2. The Labute approximate surface area is 134 Å². The van der Waals surface area contributed by atoms with Crippen molar-refractivity contribution in [2.75, 3.05) is 4.90 Å². The Morgan fingerprint density at radius 3 is 2.50 bits per heavy atom. The third-order valence-corrected chi connectivity index (χ3v) is 4.03. The van der Waals surface area contributed by atoms with Crippen molar-refractivity contribution in [1.82, 2.24) is 15.1 Å². The van der Waals surface area contributed by atoms with E-state index < -0.39 is 0 Å². The lowest BCUT2D eigenvalue weighted by Crippen LogP contribution is -2.30. The first-order chi connectivity index (χ1) is 10.5. The fourth-order valence-corrected chi connectivity index (χ4v) is 2.57. The highest BCUT2D eigenvalue weighted by Crippen LogP contribution is 2.23. The lowest BCUT2D eigenvalue weighted by atomic mass is 10.2. The number of rotatable bonds is 2. The third-order valence-electron chi connectivity index (χ3n) is 3.74. The van der Waals surface area contributed by atoms with Gasteiger partial charge in [-0.3, -0.25) is 14.4 Å². The van der Waals surface area contributed by atoms with Crippen LogP contribution in [0.2, 0.25) is 0 Å². The molecule has 2 heterocycles. The van der Waals surface area contributed by atoms with Gasteiger partial charge in [0.25, 0.3) is 5.91 Å². The maximum atomic E-state index is 12.6. The van der Waals surface area contributed by atoms with Crippen LogP contribution in [0.1, 0.15) is 16.8 Å². The summed E-state index contributed by atoms with van der Waals surface area (Å²) >= 11 is 5.30. The molecule has 1 aliphatic rings. The lowest BCUT2D eigenvalue weighted by Gasteiger charge is -2.13. The van der Waals surface area contributed by atoms with Gasteiger partial charge in [-0.15, -0.1) is 0 Å². The maximum Gasteiger partial charge on any atom is 0.281 e. The smallest absolute Gasteiger partial charge is 0.281 e. The average molecular weight is 312 g/mol. The van der Waals surface area contributed by atoms with E-state index >= 15 is 0 Å². The van der Waals surface area contributed by atoms with E-state index in [4.69, 9.17) is 12.2 Å². The van der Waals surface area contributed by atoms with E-state index in [9.17, 15) is 4.79 Å². The first-order valence-corrected chi connectivity index (χ1v) is 7.30. The molecule has 0 saturated carbocycles. The zero-order chi connectivity index (χ0) is 15.9. The Bertz CT molecular complexity index is 789. The lowest BCUT2D eigenvalue weighted by molar-refractivity contribution is -0.113. The topological polar surface area (TPSA) is 50.2 Å². The van der Waals surface area contributed by atoms with Crippen molar-refractivity contribution in [1.29, 1.82) is 0 Å². The highest BCUT2D eigenvalue weighted by molar-refractivity contribution is 7.80. The van der Waals surface area contributed by atoms with Crippen molar-refractivity contribution in [2.45, 2.75) is 13.8 Å². The fourth-order valence-electron chi connectivity index (χ4n) is 2.28. The molecule has 112 valence electrons. The number of carbonyl (C=O) groups excluding carboxylic acids is 1. The van der Waals surface area contributed by atoms with Gasteiger partial charge in [0.05, 0.1) is 11.9 Å². The molecule has 6 heteroatoms. The molecule has 2 aromatic rings. The SMILES string of the molecule is Cc1ccc(N2C(=O)C(=Cc3cnn(C)c3C)NC2=S)cc1. The molecule has 1 aromatic heterocycles. The van der Waals surface area contributed by atoms with Gasteiger partial charge in [-0.25, -0.2) is 0 Å². The summed E-state index contributed by atoms with van der Waals surface area (Å²) in [7, 11) is 1.87. The van der Waals surface area contributed by atoms with Gasteiger partial charge < -0.3 is 5.32 Å². The van der Waals surface area contributed by atoms with Crippen LogP contribution in [0.3, 0.4) is 0 Å². The summed E-state index contributed by atoms with van der Waals surface area (Å²) in [6.07, 6.45) is 3.51. The van der Waals surface area contributed by atoms with Crippen LogP contribution in [0, 0.1) is 13.8 Å². The van der Waals surface area contributed by atoms with Crippen LogP contribution < -0.4 is 10.2 Å². The van der Waals surface area contributed by atoms with Gasteiger partial charge in [-0.05, 0) is 44.3 Å². The molecule has 1 fully saturated rings. The number of thiocarbonyl (C=S) groups is 1. The molecule has 22 heavy (non-hydrogen) atoms. The summed E-state index contributed by atoms with van der Waals surface area (Å²) in [4.78, 5) is 14.1. The number of hydrogen-bond acceptors (Lipinski definition) is 3. The molecule has 1 N–H and O–H groups in total. The van der Waals surface area contributed by atoms with E-state index in [2.05, 4.69) is 10.4 Å². The van der Waals surface area contributed by atoms with Crippen LogP contribution in [0.4, 0.5) is 5.69 Å². The second kappa shape index (κ2) is 5.38. The Morgan fingerprint density at radius 1 is 1.23 bits per heavy atom. The molecule has 0 spiro atoms. The fraction of sp³-hybridized carbons (Fsp3) is 0.188. The molecule has 1 amide bonds. The molecule has 0 bridgehead atoms. The third kappa shape index (κ3) is 2.42. The number of amides is 1. The first-order valence-electron chi connectivity index (χ1n) is 6.90. The van der Waals surface area contributed by atoms with Gasteiger partial charge in [0.15, 0.2) is 5.11 Å². The van der Waals surface area contributed by atoms with Gasteiger partial charge in [0.1, 0.15) is 5.70 Å². The molecule has 1 aliphatic heterocycles. The van der Waals surface area contributed by atoms with E-state index in [-0.39, 0.29) is 5.91 Å². The minimum atomic E-state index is -0.155. The Morgan fingerprint density at radius 2 is 1.91 bits per heavy atom. The van der Waals surface area contributed by atoms with Crippen LogP contribution in [-0.4, -0.2) is 20.8 Å². The van der Waals surface area contributed by atoms with Crippen LogP contribution in [-0.2, 0) is 11.8 Å². The van der Waals surface area contributed by atoms with Crippen molar-refractivity contribution in [3.05, 3.63) is 53.0 Å². The van der Waals surface area contributed by atoms with Gasteiger partial charge in [-0.1, -0.05) is 17.7 Å². The average Bonchev–Trinajstić information content (AvgIpc) is 2.94. The Kier molecular flexibility index (Phi) is 3.54. The monoisotopic (exact) mass is 312 g/mol. The normalized spacial score (nSPS) is 16.5. The van der Waals surface area contributed by atoms with Crippen molar-refractivity contribution < 1.29 is 4.79 Å². The predicted molar refractivity (Wildman–Crippen MR) is 90.3 cm³/mol. The molecule has 3 rings (SSSR count). The molecule has 1 aromatic carbocycles. The second-order valence-corrected chi connectivity index (χ2v) is 5.66. The largest absolute Gasteiger partial charge is 0.327 e. The van der Waals surface area contributed by atoms with Crippen molar-refractivity contribution in [2.24, 2.45) is 7.05 Å². The Hall–Kier alpha value is -2.47. The maximum absolute atomic E-state index is 12.6. The molecule has 0 aliphatic carbocycles. The summed E-state index contributed by atoms with van der Waals surface area (Å²) in [5.41, 5.74) is 4.24. The van der Waals surface area contributed by atoms with Crippen molar-refractivity contribution >= 4 is 35.0 Å². The molecule has 0 radical (unpaired) electrons. The highest BCUT2D eigenvalue weighted by Gasteiger charge is 2.32. The van der Waals surface area contributed by atoms with E-state index in [0.29, 0.717) is 10.8 Å². The summed E-state index contributed by atoms with van der Waals surface area (Å²) in [5.74, 6) is -0.155. The second-order valence-electron chi connectivity index (χ2n) is 5.27. The summed E-state index contributed by atoms with van der Waals surface area (Å²) in [5, 5.41) is 7.55. The van der Waals surface area contributed by atoms with Crippen LogP contribution in [0.15, 0.2) is 36.2 Å². The van der Waals surface area contributed by atoms with E-state index in [1.54, 1.807) is 17.0 Å². The van der Waals surface area contributed by atoms with Crippen molar-refractivity contribution in [3.8, 4) is 0 Å². The quantitative estimate of drug-likeness (QED) is 0.683. The molecular weight excluding hydrogens is 296 g/mol. The zero-order valence-corrected chi connectivity index (χ0v) is 13.4. The van der Waals surface area contributed by atoms with Gasteiger partial charge >= 0.3 is 0 Å². The summed E-state index contributed by atoms with van der Waals surface area (Å²) in [6, 6.07) is 7.69. The van der Waals surface area contributed by atoms with E-state index in [1.807, 2.05) is 45.2 Å². The predicted octanol–water partition coefficient (Wildman–Crippen LogP) is 2.30. The minimum Gasteiger partial charge on any atom is -0.327 e. The standard InChI is InChI=1S/C16H16N4OS/c1-10-4-6-13(7-5-10)20-15(21)14(18-16(20)22)8-12-9-17-19(3)11(12)2/h4-9H,1-3H3,(H,18,22). The zero-order valence-electron chi connectivity index (χ0n) is 12.6. The number of aromatic nitrogens is 2. The first kappa shape index (κ1) is 14.5. The molecule has 5 nitrogen and oxygen atoms in total. The number of benzene rings is 1. The number of nitrogens with one attached hydrogen (secondary N) is 1. The van der Waals surface area contributed by atoms with Crippen molar-refractivity contribution in [3.63, 3.8) is 0 Å². The summed E-state index contributed by atoms with van der Waals surface area (Å²) in [6.45, 7) is 3.96. The summed E-state index contributed by atoms with van der Waals surface area (Å²) < 4.78 is 1.77.